The van der Waals surface area contributed by atoms with Crippen LogP contribution in [0.15, 0.2) is 16.4 Å². The molecule has 0 radical (unpaired) electrons. The fourth-order valence-electron chi connectivity index (χ4n) is 5.07. The van der Waals surface area contributed by atoms with Gasteiger partial charge in [-0.05, 0) is 51.4 Å². The number of quaternary nitrogens is 1. The van der Waals surface area contributed by atoms with Crippen molar-refractivity contribution in [3.8, 4) is 0 Å². The SMILES string of the molecule is CCCCCC1=NC(CCCCC)=C(CCCCC)[N+]1(CCCCC)CCCCC. The van der Waals surface area contributed by atoms with Crippen molar-refractivity contribution in [2.24, 2.45) is 4.99 Å². The molecule has 0 spiro atoms. The van der Waals surface area contributed by atoms with Gasteiger partial charge in [0.15, 0.2) is 0 Å². The molecule has 30 heavy (non-hydrogen) atoms. The number of hydrogen-bond acceptors (Lipinski definition) is 1. The van der Waals surface area contributed by atoms with Gasteiger partial charge in [0.2, 0.25) is 5.84 Å². The first-order chi connectivity index (χ1) is 14.7. The van der Waals surface area contributed by atoms with Gasteiger partial charge in [0.05, 0.1) is 13.1 Å². The van der Waals surface area contributed by atoms with Crippen LogP contribution < -0.4 is 0 Å². The second-order valence-corrected chi connectivity index (χ2v) is 9.62. The van der Waals surface area contributed by atoms with Crippen LogP contribution in [0.25, 0.3) is 0 Å². The van der Waals surface area contributed by atoms with E-state index < -0.39 is 0 Å². The molecule has 0 atom stereocenters. The summed E-state index contributed by atoms with van der Waals surface area (Å²) >= 11 is 0. The van der Waals surface area contributed by atoms with Crippen molar-refractivity contribution in [1.29, 1.82) is 0 Å². The fourth-order valence-corrected chi connectivity index (χ4v) is 5.07. The quantitative estimate of drug-likeness (QED) is 0.137. The van der Waals surface area contributed by atoms with E-state index in [1.165, 1.54) is 139 Å². The maximum atomic E-state index is 5.47. The van der Waals surface area contributed by atoms with Crippen molar-refractivity contribution in [3.05, 3.63) is 11.4 Å². The van der Waals surface area contributed by atoms with Crippen LogP contribution >= 0.6 is 0 Å². The molecule has 0 amide bonds. The predicted molar refractivity (Wildman–Crippen MR) is 136 cm³/mol. The van der Waals surface area contributed by atoms with E-state index in [4.69, 9.17) is 4.99 Å². The van der Waals surface area contributed by atoms with Gasteiger partial charge >= 0.3 is 0 Å². The highest BCUT2D eigenvalue weighted by atomic mass is 15.4. The maximum Gasteiger partial charge on any atom is 0.208 e. The molecular formula is C28H55N2+. The molecule has 0 saturated carbocycles. The first-order valence-corrected chi connectivity index (χ1v) is 13.9. The second-order valence-electron chi connectivity index (χ2n) is 9.62. The third kappa shape index (κ3) is 8.85. The molecule has 1 aliphatic rings. The average molecular weight is 420 g/mol. The lowest BCUT2D eigenvalue weighted by Crippen LogP contribution is -2.51. The molecule has 0 aromatic heterocycles. The van der Waals surface area contributed by atoms with Gasteiger partial charge in [-0.25, -0.2) is 4.48 Å². The zero-order valence-electron chi connectivity index (χ0n) is 21.5. The van der Waals surface area contributed by atoms with Crippen molar-refractivity contribution in [2.45, 2.75) is 150 Å². The Bertz CT molecular complexity index is 479. The number of nitrogens with zero attached hydrogens (tertiary/aromatic N) is 2. The topological polar surface area (TPSA) is 12.4 Å². The van der Waals surface area contributed by atoms with Crippen molar-refractivity contribution in [2.75, 3.05) is 13.1 Å². The molecule has 0 aromatic carbocycles. The van der Waals surface area contributed by atoms with Gasteiger partial charge in [-0.2, -0.15) is 4.99 Å². The molecule has 1 heterocycles. The molecule has 0 aliphatic carbocycles. The Morgan fingerprint density at radius 3 is 1.43 bits per heavy atom. The molecule has 0 unspecified atom stereocenters. The van der Waals surface area contributed by atoms with Crippen LogP contribution in [-0.2, 0) is 0 Å². The van der Waals surface area contributed by atoms with E-state index in [2.05, 4.69) is 34.6 Å². The van der Waals surface area contributed by atoms with Gasteiger partial charge < -0.3 is 0 Å². The van der Waals surface area contributed by atoms with E-state index in [-0.39, 0.29) is 0 Å². The molecule has 1 rings (SSSR count). The average Bonchev–Trinajstić information content (AvgIpc) is 3.02. The van der Waals surface area contributed by atoms with Crippen molar-refractivity contribution in [1.82, 2.24) is 0 Å². The van der Waals surface area contributed by atoms with E-state index in [0.717, 1.165) is 0 Å². The molecule has 176 valence electrons. The highest BCUT2D eigenvalue weighted by Gasteiger charge is 2.43. The smallest absolute Gasteiger partial charge is 0.208 e. The van der Waals surface area contributed by atoms with Gasteiger partial charge in [0.1, 0.15) is 11.4 Å². The van der Waals surface area contributed by atoms with Crippen LogP contribution in [0.2, 0.25) is 0 Å². The molecule has 0 N–H and O–H groups in total. The Hall–Kier alpha value is -0.630. The number of unbranched alkanes of at least 4 members (excludes halogenated alkanes) is 10. The van der Waals surface area contributed by atoms with Gasteiger partial charge in [0, 0.05) is 12.8 Å². The predicted octanol–water partition coefficient (Wildman–Crippen LogP) is 9.55. The maximum absolute atomic E-state index is 5.47. The highest BCUT2D eigenvalue weighted by Crippen LogP contribution is 2.39. The molecular weight excluding hydrogens is 364 g/mol. The van der Waals surface area contributed by atoms with Gasteiger partial charge in [-0.15, -0.1) is 0 Å². The number of amidine groups is 1. The summed E-state index contributed by atoms with van der Waals surface area (Å²) in [7, 11) is 0. The Morgan fingerprint density at radius 1 is 0.500 bits per heavy atom. The number of rotatable bonds is 20. The van der Waals surface area contributed by atoms with Crippen molar-refractivity contribution >= 4 is 5.84 Å². The van der Waals surface area contributed by atoms with Crippen LogP contribution in [0.1, 0.15) is 150 Å². The lowest BCUT2D eigenvalue weighted by Gasteiger charge is -2.38. The van der Waals surface area contributed by atoms with Crippen LogP contribution in [-0.4, -0.2) is 23.4 Å². The molecule has 2 nitrogen and oxygen atoms in total. The molecule has 2 heteroatoms. The lowest BCUT2D eigenvalue weighted by molar-refractivity contribution is -0.804. The Balaban J connectivity index is 3.22. The first-order valence-electron chi connectivity index (χ1n) is 13.9. The summed E-state index contributed by atoms with van der Waals surface area (Å²) in [4.78, 5) is 5.47. The molecule has 0 aromatic rings. The zero-order valence-corrected chi connectivity index (χ0v) is 21.5. The lowest BCUT2D eigenvalue weighted by atomic mass is 10.0. The van der Waals surface area contributed by atoms with E-state index in [1.807, 2.05) is 0 Å². The van der Waals surface area contributed by atoms with E-state index in [9.17, 15) is 0 Å². The van der Waals surface area contributed by atoms with Crippen LogP contribution in [0.5, 0.6) is 0 Å². The standard InChI is InChI=1S/C28H55N2/c1-6-11-16-21-26-27(22-17-12-7-2)30(24-19-14-9-4,25-20-15-10-5)28(29-26)23-18-13-8-3/h6-25H2,1-5H3/q+1. The molecule has 0 fully saturated rings. The summed E-state index contributed by atoms with van der Waals surface area (Å²) in [5.74, 6) is 1.55. The first kappa shape index (κ1) is 27.4. The van der Waals surface area contributed by atoms with Gasteiger partial charge in [0.25, 0.3) is 0 Å². The largest absolute Gasteiger partial charge is 0.248 e. The fraction of sp³-hybridized carbons (Fsp3) is 0.893. The third-order valence-electron chi connectivity index (χ3n) is 6.93. The summed E-state index contributed by atoms with van der Waals surface area (Å²) in [5.41, 5.74) is 3.26. The minimum atomic E-state index is 1.18. The molecule has 1 aliphatic heterocycles. The molecule has 0 bridgehead atoms. The van der Waals surface area contributed by atoms with Crippen LogP contribution in [0.4, 0.5) is 0 Å². The third-order valence-corrected chi connectivity index (χ3v) is 6.93. The summed E-state index contributed by atoms with van der Waals surface area (Å²) in [6, 6.07) is 0. The highest BCUT2D eigenvalue weighted by molar-refractivity contribution is 5.80. The molecule has 0 saturated heterocycles. The monoisotopic (exact) mass is 419 g/mol. The minimum Gasteiger partial charge on any atom is -0.248 e. The minimum absolute atomic E-state index is 1.18. The van der Waals surface area contributed by atoms with Crippen LogP contribution in [0, 0.1) is 0 Å². The summed E-state index contributed by atoms with van der Waals surface area (Å²) in [6.07, 6.45) is 23.8. The Labute approximate surface area is 190 Å². The number of aliphatic imine (C=N–C) groups is 1. The van der Waals surface area contributed by atoms with E-state index >= 15 is 0 Å². The second kappa shape index (κ2) is 17.0. The normalized spacial score (nSPS) is 15.8. The summed E-state index contributed by atoms with van der Waals surface area (Å²) in [5, 5.41) is 0. The summed E-state index contributed by atoms with van der Waals surface area (Å²) < 4.78 is 1.18. The van der Waals surface area contributed by atoms with Crippen molar-refractivity contribution < 1.29 is 4.48 Å². The Morgan fingerprint density at radius 2 is 0.933 bits per heavy atom. The van der Waals surface area contributed by atoms with Gasteiger partial charge in [-0.3, -0.25) is 0 Å². The van der Waals surface area contributed by atoms with Gasteiger partial charge in [-0.1, -0.05) is 86.0 Å². The van der Waals surface area contributed by atoms with Crippen molar-refractivity contribution in [3.63, 3.8) is 0 Å². The summed E-state index contributed by atoms with van der Waals surface area (Å²) in [6.45, 7) is 14.3. The Kier molecular flexibility index (Phi) is 15.5. The number of hydrogen-bond donors (Lipinski definition) is 0. The van der Waals surface area contributed by atoms with E-state index in [1.54, 1.807) is 11.5 Å². The zero-order chi connectivity index (χ0) is 22.1. The number of allylic oxidation sites excluding steroid dienone is 2. The van der Waals surface area contributed by atoms with Crippen LogP contribution in [0.3, 0.4) is 0 Å². The van der Waals surface area contributed by atoms with E-state index in [0.29, 0.717) is 0 Å².